The van der Waals surface area contributed by atoms with Crippen molar-refractivity contribution >= 4 is 17.8 Å². The number of hydrogen-bond donors (Lipinski definition) is 3. The highest BCUT2D eigenvalue weighted by Gasteiger charge is 2.23. The summed E-state index contributed by atoms with van der Waals surface area (Å²) in [5.41, 5.74) is 5.44. The zero-order valence-electron chi connectivity index (χ0n) is 10.1. The number of carbonyl (C=O) groups is 3. The van der Waals surface area contributed by atoms with Crippen molar-refractivity contribution in [3.8, 4) is 0 Å². The predicted octanol–water partition coefficient (Wildman–Crippen LogP) is -1.23. The molecule has 0 aliphatic heterocycles. The normalized spacial score (nSPS) is 11.7. The maximum atomic E-state index is 11.7. The summed E-state index contributed by atoms with van der Waals surface area (Å²) in [6.45, 7) is 4.16. The van der Waals surface area contributed by atoms with Gasteiger partial charge in [-0.2, -0.15) is 0 Å². The van der Waals surface area contributed by atoms with E-state index in [1.165, 1.54) is 4.90 Å². The van der Waals surface area contributed by atoms with Crippen LogP contribution < -0.4 is 11.1 Å². The summed E-state index contributed by atoms with van der Waals surface area (Å²) in [6.07, 6.45) is -0.440. The Balaban J connectivity index is 4.39. The van der Waals surface area contributed by atoms with E-state index in [-0.39, 0.29) is 12.5 Å². The van der Waals surface area contributed by atoms with Crippen molar-refractivity contribution in [3.05, 3.63) is 0 Å². The number of hydrogen-bond acceptors (Lipinski definition) is 4. The molecule has 0 saturated heterocycles. The van der Waals surface area contributed by atoms with Crippen LogP contribution in [0.2, 0.25) is 0 Å². The molecule has 0 aliphatic carbocycles. The van der Waals surface area contributed by atoms with E-state index in [0.717, 1.165) is 0 Å². The molecule has 0 fully saturated rings. The first kappa shape index (κ1) is 15.4. The van der Waals surface area contributed by atoms with Gasteiger partial charge >= 0.3 is 5.97 Å². The molecular formula is C10H19N3O4. The summed E-state index contributed by atoms with van der Waals surface area (Å²) >= 11 is 0. The smallest absolute Gasteiger partial charge is 0.305 e. The molecule has 0 rings (SSSR count). The Morgan fingerprint density at radius 2 is 1.94 bits per heavy atom. The Hall–Kier alpha value is -1.63. The molecule has 7 heteroatoms. The molecule has 1 atom stereocenters. The summed E-state index contributed by atoms with van der Waals surface area (Å²) in [6, 6.07) is -1.11. The third kappa shape index (κ3) is 5.86. The molecule has 98 valence electrons. The van der Waals surface area contributed by atoms with Crippen LogP contribution in [0.15, 0.2) is 0 Å². The fraction of sp³-hybridized carbons (Fsp3) is 0.700. The number of nitrogens with zero attached hydrogens (tertiary/aromatic N) is 1. The van der Waals surface area contributed by atoms with Crippen LogP contribution in [0, 0.1) is 0 Å². The fourth-order valence-electron chi connectivity index (χ4n) is 1.28. The number of likely N-dealkylation sites (N-methyl/N-ethyl adjacent to an activating group) is 2. The number of aliphatic carboxylic acids is 1. The lowest BCUT2D eigenvalue weighted by atomic mass is 10.2. The number of carboxylic acids is 1. The summed E-state index contributed by atoms with van der Waals surface area (Å²) in [4.78, 5) is 34.7. The third-order valence-corrected chi connectivity index (χ3v) is 2.11. The van der Waals surface area contributed by atoms with Gasteiger partial charge in [-0.25, -0.2) is 0 Å². The van der Waals surface area contributed by atoms with Crippen LogP contribution in [-0.4, -0.2) is 53.5 Å². The van der Waals surface area contributed by atoms with Gasteiger partial charge in [0.2, 0.25) is 11.8 Å². The van der Waals surface area contributed by atoms with E-state index in [1.54, 1.807) is 13.8 Å². The SMILES string of the molecule is CCNC(=O)CN(CC)C(=O)C(N)CC(=O)O. The molecular weight excluding hydrogens is 226 g/mol. The molecule has 4 N–H and O–H groups in total. The Morgan fingerprint density at radius 3 is 2.35 bits per heavy atom. The first-order chi connectivity index (χ1) is 7.92. The van der Waals surface area contributed by atoms with Crippen molar-refractivity contribution in [2.24, 2.45) is 5.73 Å². The minimum atomic E-state index is -1.14. The van der Waals surface area contributed by atoms with E-state index in [0.29, 0.717) is 13.1 Å². The van der Waals surface area contributed by atoms with Gasteiger partial charge in [-0.1, -0.05) is 0 Å². The summed E-state index contributed by atoms with van der Waals surface area (Å²) < 4.78 is 0. The Labute approximate surface area is 100.0 Å². The highest BCUT2D eigenvalue weighted by molar-refractivity contribution is 5.89. The largest absolute Gasteiger partial charge is 0.481 e. The van der Waals surface area contributed by atoms with Crippen molar-refractivity contribution in [1.29, 1.82) is 0 Å². The van der Waals surface area contributed by atoms with Crippen molar-refractivity contribution in [1.82, 2.24) is 10.2 Å². The molecule has 17 heavy (non-hydrogen) atoms. The molecule has 0 aromatic rings. The first-order valence-electron chi connectivity index (χ1n) is 5.45. The van der Waals surface area contributed by atoms with Crippen molar-refractivity contribution in [3.63, 3.8) is 0 Å². The molecule has 0 bridgehead atoms. The van der Waals surface area contributed by atoms with Crippen molar-refractivity contribution < 1.29 is 19.5 Å². The van der Waals surface area contributed by atoms with E-state index < -0.39 is 24.3 Å². The standard InChI is InChI=1S/C10H19N3O4/c1-3-12-8(14)6-13(4-2)10(17)7(11)5-9(15)16/h7H,3-6,11H2,1-2H3,(H,12,14)(H,15,16). The highest BCUT2D eigenvalue weighted by atomic mass is 16.4. The van der Waals surface area contributed by atoms with E-state index in [9.17, 15) is 14.4 Å². The van der Waals surface area contributed by atoms with E-state index in [2.05, 4.69) is 5.32 Å². The molecule has 0 spiro atoms. The van der Waals surface area contributed by atoms with Crippen molar-refractivity contribution in [2.75, 3.05) is 19.6 Å². The number of nitrogens with two attached hydrogens (primary N) is 1. The van der Waals surface area contributed by atoms with E-state index in [1.807, 2.05) is 0 Å². The summed E-state index contributed by atoms with van der Waals surface area (Å²) in [5, 5.41) is 11.1. The molecule has 0 heterocycles. The predicted molar refractivity (Wildman–Crippen MR) is 61.2 cm³/mol. The Morgan fingerprint density at radius 1 is 1.35 bits per heavy atom. The van der Waals surface area contributed by atoms with Gasteiger partial charge in [0.05, 0.1) is 19.0 Å². The minimum Gasteiger partial charge on any atom is -0.481 e. The first-order valence-corrected chi connectivity index (χ1v) is 5.45. The van der Waals surface area contributed by atoms with Crippen LogP contribution in [0.3, 0.4) is 0 Å². The second kappa shape index (κ2) is 7.61. The highest BCUT2D eigenvalue weighted by Crippen LogP contribution is 1.97. The second-order valence-electron chi connectivity index (χ2n) is 3.51. The molecule has 0 aliphatic rings. The monoisotopic (exact) mass is 245 g/mol. The van der Waals surface area contributed by atoms with Gasteiger partial charge in [0.15, 0.2) is 0 Å². The zero-order chi connectivity index (χ0) is 13.4. The molecule has 1 unspecified atom stereocenters. The lowest BCUT2D eigenvalue weighted by Gasteiger charge is -2.22. The minimum absolute atomic E-state index is 0.101. The lowest BCUT2D eigenvalue weighted by Crippen LogP contribution is -2.48. The average Bonchev–Trinajstić information content (AvgIpc) is 2.24. The second-order valence-corrected chi connectivity index (χ2v) is 3.51. The maximum absolute atomic E-state index is 11.7. The van der Waals surface area contributed by atoms with Gasteiger partial charge in [0.1, 0.15) is 0 Å². The summed E-state index contributed by atoms with van der Waals surface area (Å²) in [5.74, 6) is -1.95. The molecule has 0 aromatic heterocycles. The van der Waals surface area contributed by atoms with Crippen LogP contribution in [0.25, 0.3) is 0 Å². The Kier molecular flexibility index (Phi) is 6.88. The topological polar surface area (TPSA) is 113 Å². The number of nitrogens with one attached hydrogen (secondary N) is 1. The van der Waals surface area contributed by atoms with Gasteiger partial charge in [-0.05, 0) is 13.8 Å². The van der Waals surface area contributed by atoms with E-state index >= 15 is 0 Å². The number of rotatable bonds is 7. The molecule has 0 saturated carbocycles. The maximum Gasteiger partial charge on any atom is 0.305 e. The zero-order valence-corrected chi connectivity index (χ0v) is 10.1. The van der Waals surface area contributed by atoms with Crippen LogP contribution in [-0.2, 0) is 14.4 Å². The van der Waals surface area contributed by atoms with Crippen LogP contribution >= 0.6 is 0 Å². The Bertz CT molecular complexity index is 293. The van der Waals surface area contributed by atoms with Gasteiger partial charge in [-0.3, -0.25) is 14.4 Å². The lowest BCUT2D eigenvalue weighted by molar-refractivity contribution is -0.142. The van der Waals surface area contributed by atoms with Crippen LogP contribution in [0.1, 0.15) is 20.3 Å². The van der Waals surface area contributed by atoms with Gasteiger partial charge < -0.3 is 21.1 Å². The van der Waals surface area contributed by atoms with Gasteiger partial charge in [-0.15, -0.1) is 0 Å². The molecule has 0 radical (unpaired) electrons. The van der Waals surface area contributed by atoms with Gasteiger partial charge in [0, 0.05) is 13.1 Å². The molecule has 2 amide bonds. The van der Waals surface area contributed by atoms with Crippen molar-refractivity contribution in [2.45, 2.75) is 26.3 Å². The van der Waals surface area contributed by atoms with Gasteiger partial charge in [0.25, 0.3) is 0 Å². The number of carbonyl (C=O) groups excluding carboxylic acids is 2. The number of carboxylic acid groups (broad SMARTS) is 1. The van der Waals surface area contributed by atoms with E-state index in [4.69, 9.17) is 10.8 Å². The molecule has 7 nitrogen and oxygen atoms in total. The quantitative estimate of drug-likeness (QED) is 0.520. The average molecular weight is 245 g/mol. The van der Waals surface area contributed by atoms with Crippen LogP contribution in [0.4, 0.5) is 0 Å². The third-order valence-electron chi connectivity index (χ3n) is 2.11. The number of amides is 2. The molecule has 0 aromatic carbocycles. The van der Waals surface area contributed by atoms with Crippen LogP contribution in [0.5, 0.6) is 0 Å². The fourth-order valence-corrected chi connectivity index (χ4v) is 1.28. The summed E-state index contributed by atoms with van der Waals surface area (Å²) in [7, 11) is 0.